The second-order valence-corrected chi connectivity index (χ2v) is 5.08. The number of nitrogens with zero attached hydrogens (tertiary/aromatic N) is 2. The van der Waals surface area contributed by atoms with Crippen molar-refractivity contribution >= 4 is 23.3 Å². The highest BCUT2D eigenvalue weighted by Crippen LogP contribution is 2.36. The summed E-state index contributed by atoms with van der Waals surface area (Å²) in [4.78, 5) is 26.0. The Labute approximate surface area is 129 Å². The van der Waals surface area contributed by atoms with Crippen LogP contribution < -0.4 is 14.5 Å². The SMILES string of the molecule is C#CCN(CCC(=O)O)c1ccc2c(c1)OC(C)C(=O)N2C. The lowest BCUT2D eigenvalue weighted by atomic mass is 10.1. The van der Waals surface area contributed by atoms with E-state index in [1.54, 1.807) is 42.0 Å². The number of likely N-dealkylation sites (N-methyl/N-ethyl adjacent to an activating group) is 1. The van der Waals surface area contributed by atoms with Gasteiger partial charge in [-0.15, -0.1) is 6.42 Å². The molecule has 1 unspecified atom stereocenters. The number of hydrogen-bond acceptors (Lipinski definition) is 4. The minimum absolute atomic E-state index is 0.00554. The number of carbonyl (C=O) groups is 2. The van der Waals surface area contributed by atoms with Crippen molar-refractivity contribution in [1.82, 2.24) is 0 Å². The molecule has 0 saturated carbocycles. The van der Waals surface area contributed by atoms with Gasteiger partial charge < -0.3 is 19.6 Å². The minimum Gasteiger partial charge on any atom is -0.481 e. The van der Waals surface area contributed by atoms with Crippen molar-refractivity contribution in [3.63, 3.8) is 0 Å². The van der Waals surface area contributed by atoms with E-state index in [0.717, 1.165) is 5.69 Å². The van der Waals surface area contributed by atoms with E-state index in [-0.39, 0.29) is 12.3 Å². The quantitative estimate of drug-likeness (QED) is 0.831. The van der Waals surface area contributed by atoms with Crippen molar-refractivity contribution in [2.45, 2.75) is 19.4 Å². The Hall–Kier alpha value is -2.68. The highest BCUT2D eigenvalue weighted by molar-refractivity contribution is 5.99. The summed E-state index contributed by atoms with van der Waals surface area (Å²) >= 11 is 0. The molecule has 22 heavy (non-hydrogen) atoms. The number of carboxylic acids is 1. The van der Waals surface area contributed by atoms with Crippen LogP contribution in [0.1, 0.15) is 13.3 Å². The maximum absolute atomic E-state index is 11.9. The molecule has 0 fully saturated rings. The zero-order valence-electron chi connectivity index (χ0n) is 12.6. The summed E-state index contributed by atoms with van der Waals surface area (Å²) < 4.78 is 5.62. The monoisotopic (exact) mass is 302 g/mol. The highest BCUT2D eigenvalue weighted by Gasteiger charge is 2.29. The summed E-state index contributed by atoms with van der Waals surface area (Å²) in [5, 5.41) is 8.82. The molecule has 1 aromatic carbocycles. The molecule has 0 saturated heterocycles. The second kappa shape index (κ2) is 6.39. The maximum Gasteiger partial charge on any atom is 0.305 e. The van der Waals surface area contributed by atoms with Crippen molar-refractivity contribution < 1.29 is 19.4 Å². The zero-order valence-corrected chi connectivity index (χ0v) is 12.6. The number of carboxylic acid groups (broad SMARTS) is 1. The van der Waals surface area contributed by atoms with Gasteiger partial charge in [0.15, 0.2) is 6.10 Å². The first kappa shape index (κ1) is 15.7. The third-order valence-corrected chi connectivity index (χ3v) is 3.53. The van der Waals surface area contributed by atoms with Gasteiger partial charge in [0.1, 0.15) is 5.75 Å². The van der Waals surface area contributed by atoms with Crippen LogP contribution in [-0.4, -0.2) is 43.2 Å². The molecule has 6 heteroatoms. The number of rotatable bonds is 5. The molecule has 2 rings (SSSR count). The lowest BCUT2D eigenvalue weighted by Crippen LogP contribution is -2.42. The lowest BCUT2D eigenvalue weighted by molar-refractivity contribution is -0.136. The van der Waals surface area contributed by atoms with Crippen LogP contribution in [0.2, 0.25) is 0 Å². The Morgan fingerprint density at radius 1 is 1.55 bits per heavy atom. The van der Waals surface area contributed by atoms with Crippen LogP contribution in [0.4, 0.5) is 11.4 Å². The number of carbonyl (C=O) groups excluding carboxylic acids is 1. The highest BCUT2D eigenvalue weighted by atomic mass is 16.5. The number of fused-ring (bicyclic) bond motifs is 1. The van der Waals surface area contributed by atoms with Gasteiger partial charge in [-0.2, -0.15) is 0 Å². The van der Waals surface area contributed by atoms with E-state index in [1.807, 2.05) is 0 Å². The fourth-order valence-electron chi connectivity index (χ4n) is 2.34. The summed E-state index contributed by atoms with van der Waals surface area (Å²) in [6.45, 7) is 2.30. The molecule has 1 heterocycles. The van der Waals surface area contributed by atoms with Gasteiger partial charge in [0.25, 0.3) is 5.91 Å². The number of amides is 1. The number of ether oxygens (including phenoxy) is 1. The first-order valence-corrected chi connectivity index (χ1v) is 6.92. The smallest absolute Gasteiger partial charge is 0.305 e. The molecule has 0 bridgehead atoms. The molecule has 1 atom stereocenters. The summed E-state index contributed by atoms with van der Waals surface area (Å²) in [7, 11) is 1.70. The summed E-state index contributed by atoms with van der Waals surface area (Å²) in [6, 6.07) is 5.37. The largest absolute Gasteiger partial charge is 0.481 e. The molecule has 6 nitrogen and oxygen atoms in total. The predicted molar refractivity (Wildman–Crippen MR) is 83.2 cm³/mol. The zero-order chi connectivity index (χ0) is 16.3. The Kier molecular flexibility index (Phi) is 4.56. The number of terminal acetylenes is 1. The van der Waals surface area contributed by atoms with Gasteiger partial charge in [0, 0.05) is 25.3 Å². The van der Waals surface area contributed by atoms with Crippen LogP contribution in [0.25, 0.3) is 0 Å². The lowest BCUT2D eigenvalue weighted by Gasteiger charge is -2.31. The molecule has 1 aliphatic heterocycles. The van der Waals surface area contributed by atoms with Crippen LogP contribution in [0.5, 0.6) is 5.75 Å². The number of hydrogen-bond donors (Lipinski definition) is 1. The number of anilines is 2. The Morgan fingerprint density at radius 2 is 2.27 bits per heavy atom. The van der Waals surface area contributed by atoms with Gasteiger partial charge in [-0.05, 0) is 19.1 Å². The van der Waals surface area contributed by atoms with E-state index < -0.39 is 12.1 Å². The molecule has 116 valence electrons. The van der Waals surface area contributed by atoms with Crippen LogP contribution in [0.15, 0.2) is 18.2 Å². The Balaban J connectivity index is 2.29. The molecule has 0 aliphatic carbocycles. The minimum atomic E-state index is -0.879. The average molecular weight is 302 g/mol. The fraction of sp³-hybridized carbons (Fsp3) is 0.375. The first-order chi connectivity index (χ1) is 10.4. The van der Waals surface area contributed by atoms with Crippen molar-refractivity contribution in [2.75, 3.05) is 29.9 Å². The molecule has 0 spiro atoms. The Morgan fingerprint density at radius 3 is 2.91 bits per heavy atom. The molecule has 1 amide bonds. The normalized spacial score (nSPS) is 16.5. The van der Waals surface area contributed by atoms with Crippen molar-refractivity contribution in [1.29, 1.82) is 0 Å². The summed E-state index contributed by atoms with van der Waals surface area (Å²) in [6.07, 6.45) is 4.80. The standard InChI is InChI=1S/C16H18N2O4/c1-4-8-18(9-7-15(19)20)12-5-6-13-14(10-12)22-11(2)16(21)17(13)3/h1,5-6,10-11H,7-9H2,2-3H3,(H,19,20). The average Bonchev–Trinajstić information content (AvgIpc) is 2.48. The van der Waals surface area contributed by atoms with Crippen LogP contribution in [0, 0.1) is 12.3 Å². The number of benzene rings is 1. The topological polar surface area (TPSA) is 70.1 Å². The molecular formula is C16H18N2O4. The Bertz CT molecular complexity index is 636. The van der Waals surface area contributed by atoms with Crippen molar-refractivity contribution in [2.24, 2.45) is 0 Å². The van der Waals surface area contributed by atoms with Gasteiger partial charge in [0.05, 0.1) is 18.7 Å². The molecule has 0 radical (unpaired) electrons. The molecule has 1 aliphatic rings. The third kappa shape index (κ3) is 3.14. The van der Waals surface area contributed by atoms with E-state index in [9.17, 15) is 9.59 Å². The molecule has 1 N–H and O–H groups in total. The van der Waals surface area contributed by atoms with Gasteiger partial charge in [-0.1, -0.05) is 5.92 Å². The van der Waals surface area contributed by atoms with E-state index in [1.165, 1.54) is 0 Å². The fourth-order valence-corrected chi connectivity index (χ4v) is 2.34. The van der Waals surface area contributed by atoms with E-state index >= 15 is 0 Å². The van der Waals surface area contributed by atoms with Gasteiger partial charge in [0.2, 0.25) is 0 Å². The van der Waals surface area contributed by atoms with Crippen molar-refractivity contribution in [3.05, 3.63) is 18.2 Å². The van der Waals surface area contributed by atoms with Gasteiger partial charge in [-0.25, -0.2) is 0 Å². The first-order valence-electron chi connectivity index (χ1n) is 6.92. The molecule has 1 aromatic rings. The van der Waals surface area contributed by atoms with E-state index in [2.05, 4.69) is 5.92 Å². The third-order valence-electron chi connectivity index (χ3n) is 3.53. The van der Waals surface area contributed by atoms with Gasteiger partial charge >= 0.3 is 5.97 Å². The predicted octanol–water partition coefficient (Wildman–Crippen LogP) is 1.34. The maximum atomic E-state index is 11.9. The number of aliphatic carboxylic acids is 1. The molecule has 0 aromatic heterocycles. The van der Waals surface area contributed by atoms with Crippen molar-refractivity contribution in [3.8, 4) is 18.1 Å². The van der Waals surface area contributed by atoms with E-state index in [0.29, 0.717) is 24.5 Å². The summed E-state index contributed by atoms with van der Waals surface area (Å²) in [5.41, 5.74) is 1.46. The molecular weight excluding hydrogens is 284 g/mol. The van der Waals surface area contributed by atoms with Crippen LogP contribution >= 0.6 is 0 Å². The van der Waals surface area contributed by atoms with Gasteiger partial charge in [-0.3, -0.25) is 9.59 Å². The van der Waals surface area contributed by atoms with E-state index in [4.69, 9.17) is 16.3 Å². The second-order valence-electron chi connectivity index (χ2n) is 5.08. The van der Waals surface area contributed by atoms with Crippen LogP contribution in [0.3, 0.4) is 0 Å². The summed E-state index contributed by atoms with van der Waals surface area (Å²) in [5.74, 6) is 2.13. The van der Waals surface area contributed by atoms with Crippen LogP contribution in [-0.2, 0) is 9.59 Å².